The summed E-state index contributed by atoms with van der Waals surface area (Å²) in [6, 6.07) is 2.42. The molecular formula is C12H7F6NO3S. The SMILES string of the molecule is CCOC(=O)c1c(OC(F)(F)F)ccc(SC(F)(F)F)c1C#N. The Bertz CT molecular complexity index is 635. The van der Waals surface area contributed by atoms with Gasteiger partial charge in [-0.25, -0.2) is 4.79 Å². The number of carbonyl (C=O) groups excluding carboxylic acids is 1. The van der Waals surface area contributed by atoms with Crippen molar-refractivity contribution >= 4 is 17.7 Å². The Morgan fingerprint density at radius 2 is 1.87 bits per heavy atom. The normalized spacial score (nSPS) is 11.7. The number of rotatable bonds is 4. The van der Waals surface area contributed by atoms with Crippen LogP contribution in [0.25, 0.3) is 0 Å². The molecule has 0 saturated carbocycles. The highest BCUT2D eigenvalue weighted by Gasteiger charge is 2.37. The first-order valence-corrected chi connectivity index (χ1v) is 6.56. The number of esters is 1. The number of halogens is 6. The lowest BCUT2D eigenvalue weighted by Gasteiger charge is -2.16. The maximum absolute atomic E-state index is 12.4. The number of ether oxygens (including phenoxy) is 2. The molecule has 0 heterocycles. The Morgan fingerprint density at radius 1 is 1.26 bits per heavy atom. The van der Waals surface area contributed by atoms with Crippen LogP contribution in [0.15, 0.2) is 17.0 Å². The molecule has 0 radical (unpaired) electrons. The molecule has 0 spiro atoms. The Kier molecular flexibility index (Phi) is 5.76. The van der Waals surface area contributed by atoms with E-state index in [0.29, 0.717) is 12.1 Å². The Hall–Kier alpha value is -2.09. The standard InChI is InChI=1S/C12H7F6NO3S/c1-2-21-10(20)9-6(5-19)8(23-12(16,17)18)4-3-7(9)22-11(13,14)15/h3-4H,2H2,1H3. The van der Waals surface area contributed by atoms with Crippen molar-refractivity contribution in [1.29, 1.82) is 5.26 Å². The zero-order valence-electron chi connectivity index (χ0n) is 11.2. The van der Waals surface area contributed by atoms with Crippen LogP contribution in [-0.4, -0.2) is 24.4 Å². The summed E-state index contributed by atoms with van der Waals surface area (Å²) in [5.41, 5.74) is -6.72. The van der Waals surface area contributed by atoms with Crippen molar-refractivity contribution in [2.24, 2.45) is 0 Å². The summed E-state index contributed by atoms with van der Waals surface area (Å²) in [5, 5.41) is 8.96. The number of thioether (sulfide) groups is 1. The number of carbonyl (C=O) groups is 1. The third-order valence-electron chi connectivity index (χ3n) is 2.17. The number of hydrogen-bond acceptors (Lipinski definition) is 5. The van der Waals surface area contributed by atoms with Crippen LogP contribution in [0.3, 0.4) is 0 Å². The monoisotopic (exact) mass is 359 g/mol. The molecule has 0 aromatic heterocycles. The van der Waals surface area contributed by atoms with E-state index in [1.54, 1.807) is 0 Å². The van der Waals surface area contributed by atoms with E-state index in [1.807, 2.05) is 0 Å². The molecule has 0 N–H and O–H groups in total. The van der Waals surface area contributed by atoms with E-state index in [2.05, 4.69) is 9.47 Å². The van der Waals surface area contributed by atoms with Gasteiger partial charge in [-0.05, 0) is 30.8 Å². The lowest BCUT2D eigenvalue weighted by atomic mass is 10.1. The van der Waals surface area contributed by atoms with Crippen molar-refractivity contribution in [2.75, 3.05) is 6.61 Å². The first-order chi connectivity index (χ1) is 10.5. The second kappa shape index (κ2) is 6.99. The zero-order chi connectivity index (χ0) is 17.8. The fourth-order valence-corrected chi connectivity index (χ4v) is 2.14. The summed E-state index contributed by atoms with van der Waals surface area (Å²) in [6.45, 7) is 1.08. The molecule has 1 aromatic rings. The minimum absolute atomic E-state index is 0.258. The maximum atomic E-state index is 12.4. The summed E-state index contributed by atoms with van der Waals surface area (Å²) in [5.74, 6) is -2.51. The van der Waals surface area contributed by atoms with Crippen LogP contribution in [0.2, 0.25) is 0 Å². The molecule has 23 heavy (non-hydrogen) atoms. The van der Waals surface area contributed by atoms with E-state index >= 15 is 0 Å². The molecule has 0 unspecified atom stereocenters. The third-order valence-corrected chi connectivity index (χ3v) is 2.96. The highest BCUT2D eigenvalue weighted by atomic mass is 32.2. The molecule has 1 rings (SSSR count). The van der Waals surface area contributed by atoms with Crippen molar-refractivity contribution in [3.8, 4) is 11.8 Å². The topological polar surface area (TPSA) is 59.3 Å². The largest absolute Gasteiger partial charge is 0.573 e. The molecule has 1 aromatic carbocycles. The number of hydrogen-bond donors (Lipinski definition) is 0. The lowest BCUT2D eigenvalue weighted by Crippen LogP contribution is -2.20. The van der Waals surface area contributed by atoms with Gasteiger partial charge in [-0.1, -0.05) is 0 Å². The van der Waals surface area contributed by atoms with E-state index in [-0.39, 0.29) is 6.61 Å². The number of nitriles is 1. The van der Waals surface area contributed by atoms with Crippen LogP contribution in [-0.2, 0) is 4.74 Å². The lowest BCUT2D eigenvalue weighted by molar-refractivity contribution is -0.274. The number of benzene rings is 1. The molecule has 0 aliphatic rings. The molecule has 0 saturated heterocycles. The summed E-state index contributed by atoms with van der Waals surface area (Å²) in [7, 11) is 0. The predicted molar refractivity (Wildman–Crippen MR) is 65.7 cm³/mol. The van der Waals surface area contributed by atoms with Crippen molar-refractivity contribution in [1.82, 2.24) is 0 Å². The molecule has 0 atom stereocenters. The van der Waals surface area contributed by atoms with Gasteiger partial charge < -0.3 is 9.47 Å². The molecule has 0 aliphatic heterocycles. The van der Waals surface area contributed by atoms with Gasteiger partial charge in [-0.3, -0.25) is 0 Å². The van der Waals surface area contributed by atoms with Crippen LogP contribution in [0, 0.1) is 11.3 Å². The minimum atomic E-state index is -5.20. The molecule has 0 fully saturated rings. The Labute approximate surface area is 130 Å². The predicted octanol–water partition coefficient (Wildman–Crippen LogP) is 4.25. The molecule has 0 bridgehead atoms. The summed E-state index contributed by atoms with van der Waals surface area (Å²) >= 11 is -0.739. The van der Waals surface area contributed by atoms with Crippen molar-refractivity contribution in [2.45, 2.75) is 23.7 Å². The first kappa shape index (κ1) is 19.0. The van der Waals surface area contributed by atoms with Gasteiger partial charge >= 0.3 is 17.8 Å². The summed E-state index contributed by atoms with van der Waals surface area (Å²) in [6.07, 6.45) is -5.20. The highest BCUT2D eigenvalue weighted by Crippen LogP contribution is 2.41. The Balaban J connectivity index is 3.50. The van der Waals surface area contributed by atoms with E-state index in [4.69, 9.17) is 5.26 Å². The fraction of sp³-hybridized carbons (Fsp3) is 0.333. The molecule has 126 valence electrons. The van der Waals surface area contributed by atoms with E-state index in [9.17, 15) is 31.1 Å². The molecule has 0 amide bonds. The van der Waals surface area contributed by atoms with Crippen LogP contribution < -0.4 is 4.74 Å². The van der Waals surface area contributed by atoms with E-state index in [1.165, 1.54) is 13.0 Å². The van der Waals surface area contributed by atoms with E-state index < -0.39 is 51.4 Å². The fourth-order valence-electron chi connectivity index (χ4n) is 1.50. The van der Waals surface area contributed by atoms with Gasteiger partial charge in [0, 0.05) is 4.90 Å². The van der Waals surface area contributed by atoms with Crippen molar-refractivity contribution in [3.63, 3.8) is 0 Å². The zero-order valence-corrected chi connectivity index (χ0v) is 12.0. The van der Waals surface area contributed by atoms with Gasteiger partial charge in [-0.15, -0.1) is 13.2 Å². The van der Waals surface area contributed by atoms with Gasteiger partial charge in [0.25, 0.3) is 0 Å². The van der Waals surface area contributed by atoms with Crippen LogP contribution >= 0.6 is 11.8 Å². The second-order valence-electron chi connectivity index (χ2n) is 3.74. The highest BCUT2D eigenvalue weighted by molar-refractivity contribution is 8.00. The van der Waals surface area contributed by atoms with Crippen LogP contribution in [0.4, 0.5) is 26.3 Å². The molecule has 0 aliphatic carbocycles. The molecule has 4 nitrogen and oxygen atoms in total. The number of nitrogens with zero attached hydrogens (tertiary/aromatic N) is 1. The summed E-state index contributed by atoms with van der Waals surface area (Å²) < 4.78 is 82.4. The van der Waals surface area contributed by atoms with Crippen molar-refractivity contribution in [3.05, 3.63) is 23.3 Å². The first-order valence-electron chi connectivity index (χ1n) is 5.74. The minimum Gasteiger partial charge on any atom is -0.462 e. The third kappa shape index (κ3) is 5.55. The summed E-state index contributed by atoms with van der Waals surface area (Å²) in [4.78, 5) is 11.0. The van der Waals surface area contributed by atoms with Crippen molar-refractivity contribution < 1.29 is 40.6 Å². The van der Waals surface area contributed by atoms with Gasteiger partial charge in [0.05, 0.1) is 12.2 Å². The Morgan fingerprint density at radius 3 is 2.30 bits per heavy atom. The molecule has 11 heteroatoms. The van der Waals surface area contributed by atoms with Crippen LogP contribution in [0.1, 0.15) is 22.8 Å². The second-order valence-corrected chi connectivity index (χ2v) is 4.85. The molecular weight excluding hydrogens is 352 g/mol. The van der Waals surface area contributed by atoms with Gasteiger partial charge in [0.1, 0.15) is 17.4 Å². The van der Waals surface area contributed by atoms with Gasteiger partial charge in [0.2, 0.25) is 0 Å². The maximum Gasteiger partial charge on any atom is 0.573 e. The quantitative estimate of drug-likeness (QED) is 0.457. The average molecular weight is 359 g/mol. The smallest absolute Gasteiger partial charge is 0.462 e. The van der Waals surface area contributed by atoms with E-state index in [0.717, 1.165) is 0 Å². The average Bonchev–Trinajstić information content (AvgIpc) is 2.36. The van der Waals surface area contributed by atoms with Gasteiger partial charge in [-0.2, -0.15) is 18.4 Å². The van der Waals surface area contributed by atoms with Crippen LogP contribution in [0.5, 0.6) is 5.75 Å². The number of alkyl halides is 6. The van der Waals surface area contributed by atoms with Gasteiger partial charge in [0.15, 0.2) is 0 Å².